The molecule has 1 aliphatic heterocycles. The minimum atomic E-state index is 0.224. The van der Waals surface area contributed by atoms with Crippen molar-refractivity contribution in [1.29, 1.82) is 0 Å². The molecule has 1 aromatic heterocycles. The predicted octanol–water partition coefficient (Wildman–Crippen LogP) is 4.94. The molecule has 0 radical (unpaired) electrons. The van der Waals surface area contributed by atoms with Crippen molar-refractivity contribution in [3.8, 4) is 28.7 Å². The second-order valence-corrected chi connectivity index (χ2v) is 7.10. The van der Waals surface area contributed by atoms with Crippen molar-refractivity contribution in [3.63, 3.8) is 0 Å². The van der Waals surface area contributed by atoms with Gasteiger partial charge in [0.1, 0.15) is 5.75 Å². The van der Waals surface area contributed by atoms with Crippen LogP contribution >= 0.6 is 35.0 Å². The molecule has 9 heteroatoms. The maximum Gasteiger partial charge on any atom is 0.276 e. The summed E-state index contributed by atoms with van der Waals surface area (Å²) in [7, 11) is 0. The third kappa shape index (κ3) is 3.85. The SMILES string of the molecule is Clc1ccc(OCCSc2nnc(-c3ccc4c(c3)OCO4)o2)c(Cl)c1. The summed E-state index contributed by atoms with van der Waals surface area (Å²) >= 11 is 13.3. The summed E-state index contributed by atoms with van der Waals surface area (Å²) in [5.41, 5.74) is 0.776. The summed E-state index contributed by atoms with van der Waals surface area (Å²) in [6.07, 6.45) is 0. The molecule has 0 spiro atoms. The van der Waals surface area contributed by atoms with E-state index in [4.69, 9.17) is 41.8 Å². The van der Waals surface area contributed by atoms with Crippen LogP contribution in [0, 0.1) is 0 Å². The van der Waals surface area contributed by atoms with Crippen molar-refractivity contribution in [1.82, 2.24) is 10.2 Å². The number of rotatable bonds is 6. The molecule has 134 valence electrons. The van der Waals surface area contributed by atoms with E-state index < -0.39 is 0 Å². The molecular weight excluding hydrogens is 399 g/mol. The van der Waals surface area contributed by atoms with Gasteiger partial charge in [-0.1, -0.05) is 35.0 Å². The highest BCUT2D eigenvalue weighted by molar-refractivity contribution is 7.99. The molecular formula is C17H12Cl2N2O4S. The largest absolute Gasteiger partial charge is 0.491 e. The van der Waals surface area contributed by atoms with Crippen molar-refractivity contribution >= 4 is 35.0 Å². The maximum atomic E-state index is 6.06. The highest BCUT2D eigenvalue weighted by atomic mass is 35.5. The van der Waals surface area contributed by atoms with Crippen molar-refractivity contribution < 1.29 is 18.6 Å². The molecule has 0 saturated heterocycles. The Labute approximate surface area is 163 Å². The molecule has 2 aromatic carbocycles. The van der Waals surface area contributed by atoms with E-state index in [2.05, 4.69) is 10.2 Å². The molecule has 0 atom stereocenters. The molecule has 0 bridgehead atoms. The van der Waals surface area contributed by atoms with Crippen LogP contribution < -0.4 is 14.2 Å². The van der Waals surface area contributed by atoms with Crippen molar-refractivity contribution in [2.45, 2.75) is 5.22 Å². The Morgan fingerprint density at radius 2 is 1.92 bits per heavy atom. The van der Waals surface area contributed by atoms with Crippen LogP contribution in [0.1, 0.15) is 0 Å². The van der Waals surface area contributed by atoms with Gasteiger partial charge in [0.15, 0.2) is 11.5 Å². The first-order valence-electron chi connectivity index (χ1n) is 7.63. The van der Waals surface area contributed by atoms with Gasteiger partial charge in [-0.25, -0.2) is 0 Å². The fourth-order valence-corrected chi connectivity index (χ4v) is 3.33. The molecule has 0 amide bonds. The minimum absolute atomic E-state index is 0.224. The molecule has 1 aliphatic rings. The molecule has 4 rings (SSSR count). The van der Waals surface area contributed by atoms with Gasteiger partial charge < -0.3 is 18.6 Å². The molecule has 26 heavy (non-hydrogen) atoms. The van der Waals surface area contributed by atoms with Gasteiger partial charge in [0, 0.05) is 16.3 Å². The lowest BCUT2D eigenvalue weighted by atomic mass is 10.2. The number of halogens is 2. The zero-order valence-electron chi connectivity index (χ0n) is 13.3. The third-order valence-corrected chi connectivity index (χ3v) is 4.80. The van der Waals surface area contributed by atoms with E-state index in [0.29, 0.717) is 50.8 Å². The first kappa shape index (κ1) is 17.3. The van der Waals surface area contributed by atoms with Crippen LogP contribution in [-0.2, 0) is 0 Å². The van der Waals surface area contributed by atoms with Crippen molar-refractivity contribution in [2.24, 2.45) is 0 Å². The molecule has 0 saturated carbocycles. The van der Waals surface area contributed by atoms with E-state index in [1.807, 2.05) is 18.2 Å². The summed E-state index contributed by atoms with van der Waals surface area (Å²) in [6, 6.07) is 10.6. The van der Waals surface area contributed by atoms with Crippen LogP contribution in [0.3, 0.4) is 0 Å². The van der Waals surface area contributed by atoms with Gasteiger partial charge in [-0.05, 0) is 36.4 Å². The number of fused-ring (bicyclic) bond motifs is 1. The number of nitrogens with zero attached hydrogens (tertiary/aromatic N) is 2. The summed E-state index contributed by atoms with van der Waals surface area (Å²) in [6.45, 7) is 0.662. The summed E-state index contributed by atoms with van der Waals surface area (Å²) in [5, 5.41) is 9.60. The Bertz CT molecular complexity index is 935. The van der Waals surface area contributed by atoms with Crippen LogP contribution in [0.15, 0.2) is 46.0 Å². The summed E-state index contributed by atoms with van der Waals surface area (Å²) < 4.78 is 21.9. The normalized spacial score (nSPS) is 12.4. The number of hydrogen-bond acceptors (Lipinski definition) is 7. The summed E-state index contributed by atoms with van der Waals surface area (Å²) in [4.78, 5) is 0. The van der Waals surface area contributed by atoms with E-state index in [1.165, 1.54) is 11.8 Å². The molecule has 6 nitrogen and oxygen atoms in total. The number of benzene rings is 2. The Morgan fingerprint density at radius 1 is 1.04 bits per heavy atom. The molecule has 3 aromatic rings. The average molecular weight is 411 g/mol. The number of ether oxygens (including phenoxy) is 3. The van der Waals surface area contributed by atoms with Gasteiger partial charge in [0.05, 0.1) is 11.6 Å². The third-order valence-electron chi connectivity index (χ3n) is 3.49. The van der Waals surface area contributed by atoms with E-state index in [9.17, 15) is 0 Å². The van der Waals surface area contributed by atoms with Crippen LogP contribution in [0.25, 0.3) is 11.5 Å². The molecule has 0 unspecified atom stereocenters. The van der Waals surface area contributed by atoms with Crippen molar-refractivity contribution in [2.75, 3.05) is 19.2 Å². The average Bonchev–Trinajstić information content (AvgIpc) is 3.28. The lowest BCUT2D eigenvalue weighted by molar-refractivity contribution is 0.174. The Kier molecular flexibility index (Phi) is 5.10. The van der Waals surface area contributed by atoms with Gasteiger partial charge in [-0.15, -0.1) is 10.2 Å². The fraction of sp³-hybridized carbons (Fsp3) is 0.176. The van der Waals surface area contributed by atoms with Crippen molar-refractivity contribution in [3.05, 3.63) is 46.4 Å². The minimum Gasteiger partial charge on any atom is -0.491 e. The maximum absolute atomic E-state index is 6.06. The van der Waals surface area contributed by atoms with Gasteiger partial charge in [0.25, 0.3) is 5.22 Å². The first-order valence-corrected chi connectivity index (χ1v) is 9.37. The van der Waals surface area contributed by atoms with Crippen LogP contribution in [0.2, 0.25) is 10.0 Å². The first-order chi connectivity index (χ1) is 12.7. The van der Waals surface area contributed by atoms with Gasteiger partial charge in [-0.3, -0.25) is 0 Å². The monoisotopic (exact) mass is 410 g/mol. The van der Waals surface area contributed by atoms with Gasteiger partial charge in [-0.2, -0.15) is 0 Å². The van der Waals surface area contributed by atoms with E-state index >= 15 is 0 Å². The molecule has 0 fully saturated rings. The van der Waals surface area contributed by atoms with E-state index in [-0.39, 0.29) is 6.79 Å². The smallest absolute Gasteiger partial charge is 0.276 e. The number of hydrogen-bond donors (Lipinski definition) is 0. The Morgan fingerprint density at radius 3 is 2.81 bits per heavy atom. The Balaban J connectivity index is 1.32. The van der Waals surface area contributed by atoms with Crippen LogP contribution in [0.5, 0.6) is 17.2 Å². The molecule has 0 N–H and O–H groups in total. The quantitative estimate of drug-likeness (QED) is 0.420. The van der Waals surface area contributed by atoms with E-state index in [1.54, 1.807) is 18.2 Å². The highest BCUT2D eigenvalue weighted by Gasteiger charge is 2.16. The lowest BCUT2D eigenvalue weighted by Gasteiger charge is -2.06. The second-order valence-electron chi connectivity index (χ2n) is 5.21. The number of aromatic nitrogens is 2. The fourth-order valence-electron chi connectivity index (χ4n) is 2.29. The summed E-state index contributed by atoms with van der Waals surface area (Å²) in [5.74, 6) is 3.02. The van der Waals surface area contributed by atoms with Gasteiger partial charge in [0.2, 0.25) is 12.7 Å². The molecule has 2 heterocycles. The standard InChI is InChI=1S/C17H12Cl2N2O4S/c18-11-2-4-13(12(19)8-11)22-5-6-26-17-21-20-16(25-17)10-1-3-14-15(7-10)24-9-23-14/h1-4,7-8H,5-6,9H2. The zero-order valence-corrected chi connectivity index (χ0v) is 15.6. The topological polar surface area (TPSA) is 66.6 Å². The van der Waals surface area contributed by atoms with E-state index in [0.717, 1.165) is 5.56 Å². The van der Waals surface area contributed by atoms with Crippen LogP contribution in [0.4, 0.5) is 0 Å². The van der Waals surface area contributed by atoms with Crippen LogP contribution in [-0.4, -0.2) is 29.4 Å². The predicted molar refractivity (Wildman–Crippen MR) is 98.5 cm³/mol. The lowest BCUT2D eigenvalue weighted by Crippen LogP contribution is -2.00. The zero-order chi connectivity index (χ0) is 17.9. The number of thioether (sulfide) groups is 1. The Hall–Kier alpha value is -2.09. The highest BCUT2D eigenvalue weighted by Crippen LogP contribution is 2.36. The second kappa shape index (κ2) is 7.65. The molecule has 0 aliphatic carbocycles. The van der Waals surface area contributed by atoms with Gasteiger partial charge >= 0.3 is 0 Å².